The highest BCUT2D eigenvalue weighted by Crippen LogP contribution is 2.31. The van der Waals surface area contributed by atoms with Crippen LogP contribution in [0.3, 0.4) is 0 Å². The monoisotopic (exact) mass is 369 g/mol. The molecule has 4 rings (SSSR count). The van der Waals surface area contributed by atoms with Crippen LogP contribution in [0.5, 0.6) is 0 Å². The number of benzene rings is 1. The van der Waals surface area contributed by atoms with E-state index in [4.69, 9.17) is 11.6 Å². The number of furan rings is 1. The first-order chi connectivity index (χ1) is 12.5. The molecule has 3 aromatic rings. The van der Waals surface area contributed by atoms with Crippen molar-refractivity contribution in [3.8, 4) is 0 Å². The van der Waals surface area contributed by atoms with Gasteiger partial charge in [0.1, 0.15) is 0 Å². The zero-order valence-corrected chi connectivity index (χ0v) is 14.5. The smallest absolute Gasteiger partial charge is 0.291 e. The van der Waals surface area contributed by atoms with Crippen molar-refractivity contribution in [1.82, 2.24) is 4.98 Å². The summed E-state index contributed by atoms with van der Waals surface area (Å²) in [5.41, 5.74) is 4.11. The van der Waals surface area contributed by atoms with E-state index < -0.39 is 11.9 Å². The summed E-state index contributed by atoms with van der Waals surface area (Å²) in [6, 6.07) is 8.66. The van der Waals surface area contributed by atoms with E-state index in [2.05, 4.69) is 19.7 Å². The molecule has 0 aliphatic carbocycles. The number of amides is 1. The zero-order chi connectivity index (χ0) is 18.3. The zero-order valence-electron chi connectivity index (χ0n) is 13.7. The number of aryl methyl sites for hydroxylation is 1. The van der Waals surface area contributed by atoms with Crippen LogP contribution in [0.15, 0.2) is 52.0 Å². The van der Waals surface area contributed by atoms with E-state index >= 15 is 0 Å². The molecular weight excluding hydrogens is 357 g/mol. The van der Waals surface area contributed by atoms with Crippen LogP contribution in [0.25, 0.3) is 0 Å². The minimum atomic E-state index is -0.812. The Balaban J connectivity index is 1.60. The summed E-state index contributed by atoms with van der Waals surface area (Å²) in [6.07, 6.45) is 2.39. The van der Waals surface area contributed by atoms with Gasteiger partial charge in [-0.1, -0.05) is 17.7 Å². The molecule has 1 N–H and O–H groups in total. The molecule has 2 aromatic heterocycles. The fraction of sp³-hybridized carbons (Fsp3) is 0.105. The second kappa shape index (κ2) is 6.38. The third-order valence-electron chi connectivity index (χ3n) is 4.01. The first-order valence-electron chi connectivity index (χ1n) is 7.89. The van der Waals surface area contributed by atoms with Crippen LogP contribution in [0, 0.1) is 12.9 Å². The Kier molecular flexibility index (Phi) is 4.05. The Hall–Kier alpha value is -2.99. The number of rotatable bonds is 3. The van der Waals surface area contributed by atoms with Gasteiger partial charge in [0, 0.05) is 40.5 Å². The maximum Gasteiger partial charge on any atom is 0.291 e. The normalized spacial score (nSPS) is 12.7. The summed E-state index contributed by atoms with van der Waals surface area (Å²) in [4.78, 5) is 21.0. The summed E-state index contributed by atoms with van der Waals surface area (Å²) >= 11 is 6.33. The quantitative estimate of drug-likeness (QED) is 0.727. The topological polar surface area (TPSA) is 67.5 Å². The lowest BCUT2D eigenvalue weighted by molar-refractivity contribution is 0.0988. The standard InChI is InChI=1S/C19H13ClFN3O2/c1-10-6-11-7-15(24-18(11)22-9-10)13-8-12(2-3-14(13)20)23-19(25)16-4-5-17(21)26-16/h2-6,8-9H,7H2,1H3,(H,23,25). The summed E-state index contributed by atoms with van der Waals surface area (Å²) < 4.78 is 17.6. The molecule has 0 saturated heterocycles. The van der Waals surface area contributed by atoms with Crippen LogP contribution in [0.4, 0.5) is 15.9 Å². The largest absolute Gasteiger partial charge is 0.426 e. The number of aliphatic imine (C=N–C) groups is 1. The van der Waals surface area contributed by atoms with E-state index in [9.17, 15) is 9.18 Å². The Morgan fingerprint density at radius 3 is 2.88 bits per heavy atom. The molecule has 1 amide bonds. The number of aromatic nitrogens is 1. The highest BCUT2D eigenvalue weighted by atomic mass is 35.5. The first-order valence-corrected chi connectivity index (χ1v) is 8.27. The number of hydrogen-bond donors (Lipinski definition) is 1. The van der Waals surface area contributed by atoms with Crippen molar-refractivity contribution in [1.29, 1.82) is 0 Å². The van der Waals surface area contributed by atoms with Crippen LogP contribution in [-0.4, -0.2) is 16.6 Å². The van der Waals surface area contributed by atoms with Gasteiger partial charge in [-0.25, -0.2) is 9.98 Å². The van der Waals surface area contributed by atoms with Gasteiger partial charge in [-0.15, -0.1) is 0 Å². The number of carbonyl (C=O) groups is 1. The third kappa shape index (κ3) is 3.11. The minimum Gasteiger partial charge on any atom is -0.426 e. The second-order valence-corrected chi connectivity index (χ2v) is 6.39. The van der Waals surface area contributed by atoms with Gasteiger partial charge in [0.2, 0.25) is 0 Å². The molecule has 0 saturated carbocycles. The van der Waals surface area contributed by atoms with Gasteiger partial charge < -0.3 is 9.73 Å². The van der Waals surface area contributed by atoms with Gasteiger partial charge >= 0.3 is 0 Å². The van der Waals surface area contributed by atoms with E-state index in [0.717, 1.165) is 22.9 Å². The van der Waals surface area contributed by atoms with Crippen molar-refractivity contribution in [2.24, 2.45) is 4.99 Å². The molecule has 0 atom stereocenters. The Morgan fingerprint density at radius 1 is 1.27 bits per heavy atom. The molecule has 7 heteroatoms. The lowest BCUT2D eigenvalue weighted by atomic mass is 10.0. The molecule has 1 aromatic carbocycles. The Labute approximate surface area is 153 Å². The number of halogens is 2. The predicted octanol–water partition coefficient (Wildman–Crippen LogP) is 4.70. The Morgan fingerprint density at radius 2 is 2.12 bits per heavy atom. The van der Waals surface area contributed by atoms with Crippen LogP contribution < -0.4 is 5.32 Å². The fourth-order valence-corrected chi connectivity index (χ4v) is 3.04. The van der Waals surface area contributed by atoms with Crippen molar-refractivity contribution in [3.05, 3.63) is 76.1 Å². The number of pyridine rings is 1. The molecule has 5 nitrogen and oxygen atoms in total. The highest BCUT2D eigenvalue weighted by Gasteiger charge is 2.20. The van der Waals surface area contributed by atoms with Crippen molar-refractivity contribution in [2.75, 3.05) is 5.32 Å². The molecule has 26 heavy (non-hydrogen) atoms. The summed E-state index contributed by atoms with van der Waals surface area (Å²) in [5.74, 6) is 0.0302. The van der Waals surface area contributed by atoms with Crippen molar-refractivity contribution >= 4 is 34.7 Å². The predicted molar refractivity (Wildman–Crippen MR) is 96.9 cm³/mol. The number of carbonyl (C=O) groups excluding carboxylic acids is 1. The fourth-order valence-electron chi connectivity index (χ4n) is 2.81. The number of hydrogen-bond acceptors (Lipinski definition) is 4. The van der Waals surface area contributed by atoms with Gasteiger partial charge in [0.05, 0.1) is 5.71 Å². The second-order valence-electron chi connectivity index (χ2n) is 5.98. The molecule has 0 spiro atoms. The molecule has 0 unspecified atom stereocenters. The lowest BCUT2D eigenvalue weighted by Crippen LogP contribution is -2.12. The van der Waals surface area contributed by atoms with Crippen LogP contribution in [0.1, 0.15) is 27.2 Å². The van der Waals surface area contributed by atoms with Gasteiger partial charge in [-0.2, -0.15) is 4.39 Å². The maximum absolute atomic E-state index is 12.9. The van der Waals surface area contributed by atoms with Gasteiger partial charge in [-0.3, -0.25) is 4.79 Å². The molecule has 130 valence electrons. The summed E-state index contributed by atoms with van der Waals surface area (Å²) in [6.45, 7) is 1.98. The molecule has 1 aliphatic rings. The molecule has 1 aliphatic heterocycles. The maximum atomic E-state index is 12.9. The van der Waals surface area contributed by atoms with Crippen molar-refractivity contribution in [3.63, 3.8) is 0 Å². The molecule has 0 radical (unpaired) electrons. The van der Waals surface area contributed by atoms with Gasteiger partial charge in [0.25, 0.3) is 11.9 Å². The number of nitrogens with zero attached hydrogens (tertiary/aromatic N) is 2. The number of fused-ring (bicyclic) bond motifs is 1. The number of nitrogens with one attached hydrogen (secondary N) is 1. The van der Waals surface area contributed by atoms with E-state index in [1.165, 1.54) is 6.07 Å². The Bertz CT molecular complexity index is 1060. The van der Waals surface area contributed by atoms with E-state index in [-0.39, 0.29) is 5.76 Å². The van der Waals surface area contributed by atoms with Gasteiger partial charge in [-0.05, 0) is 36.8 Å². The number of anilines is 1. The lowest BCUT2D eigenvalue weighted by Gasteiger charge is -2.08. The van der Waals surface area contributed by atoms with Crippen LogP contribution in [0.2, 0.25) is 5.02 Å². The van der Waals surface area contributed by atoms with E-state index in [0.29, 0.717) is 28.5 Å². The molecule has 0 bridgehead atoms. The molecule has 0 fully saturated rings. The summed E-state index contributed by atoms with van der Waals surface area (Å²) in [5, 5.41) is 3.19. The highest BCUT2D eigenvalue weighted by molar-refractivity contribution is 6.34. The van der Waals surface area contributed by atoms with Crippen molar-refractivity contribution < 1.29 is 13.6 Å². The average molecular weight is 370 g/mol. The van der Waals surface area contributed by atoms with Crippen LogP contribution in [-0.2, 0) is 6.42 Å². The van der Waals surface area contributed by atoms with E-state index in [1.54, 1.807) is 24.4 Å². The van der Waals surface area contributed by atoms with Gasteiger partial charge in [0.15, 0.2) is 11.6 Å². The van der Waals surface area contributed by atoms with Crippen molar-refractivity contribution in [2.45, 2.75) is 13.3 Å². The van der Waals surface area contributed by atoms with E-state index in [1.807, 2.05) is 13.0 Å². The molecular formula is C19H13ClFN3O2. The average Bonchev–Trinajstić information content (AvgIpc) is 3.22. The molecule has 3 heterocycles. The third-order valence-corrected chi connectivity index (χ3v) is 4.34. The first kappa shape index (κ1) is 16.5. The summed E-state index contributed by atoms with van der Waals surface area (Å²) in [7, 11) is 0. The SMILES string of the molecule is Cc1cnc2c(c1)CC(c1cc(NC(=O)c3ccc(F)o3)ccc1Cl)=N2. The van der Waals surface area contributed by atoms with Crippen LogP contribution >= 0.6 is 11.6 Å². The minimum absolute atomic E-state index is 0.107.